The van der Waals surface area contributed by atoms with Gasteiger partial charge in [0.1, 0.15) is 16.5 Å². The molecule has 0 aromatic heterocycles. The molecule has 0 atom stereocenters. The van der Waals surface area contributed by atoms with Gasteiger partial charge in [-0.3, -0.25) is 0 Å². The first kappa shape index (κ1) is 16.0. The lowest BCUT2D eigenvalue weighted by Crippen LogP contribution is -2.24. The Labute approximate surface area is 112 Å². The zero-order valence-electron chi connectivity index (χ0n) is 11.1. The van der Waals surface area contributed by atoms with E-state index in [-0.39, 0.29) is 11.2 Å². The Morgan fingerprint density at radius 1 is 1.26 bits per heavy atom. The van der Waals surface area contributed by atoms with Gasteiger partial charge in [-0.2, -0.15) is 0 Å². The van der Waals surface area contributed by atoms with Gasteiger partial charge in [0.05, 0.1) is 5.75 Å². The first-order chi connectivity index (χ1) is 8.68. The van der Waals surface area contributed by atoms with Crippen LogP contribution < -0.4 is 5.73 Å². The second kappa shape index (κ2) is 5.96. The Kier molecular flexibility index (Phi) is 5.04. The number of hydrogen-bond acceptors (Lipinski definition) is 3. The van der Waals surface area contributed by atoms with Crippen molar-refractivity contribution < 1.29 is 17.2 Å². The summed E-state index contributed by atoms with van der Waals surface area (Å²) in [6, 6.07) is 2.49. The van der Waals surface area contributed by atoms with Gasteiger partial charge >= 0.3 is 0 Å². The number of nitrogens with two attached hydrogens (primary N) is 1. The monoisotopic (exact) mass is 291 g/mol. The van der Waals surface area contributed by atoms with Crippen LogP contribution in [0.3, 0.4) is 0 Å². The van der Waals surface area contributed by atoms with Crippen molar-refractivity contribution in [2.24, 2.45) is 11.1 Å². The molecule has 0 saturated carbocycles. The number of sulfone groups is 1. The topological polar surface area (TPSA) is 60.2 Å². The summed E-state index contributed by atoms with van der Waals surface area (Å²) in [6.45, 7) is 4.34. The third-order valence-electron chi connectivity index (χ3n) is 3.05. The lowest BCUT2D eigenvalue weighted by Gasteiger charge is -2.21. The summed E-state index contributed by atoms with van der Waals surface area (Å²) in [5, 5.41) is 0. The molecule has 0 bridgehead atoms. The van der Waals surface area contributed by atoms with Crippen molar-refractivity contribution in [3.05, 3.63) is 29.8 Å². The Morgan fingerprint density at radius 2 is 1.89 bits per heavy atom. The van der Waals surface area contributed by atoms with Crippen molar-refractivity contribution in [3.63, 3.8) is 0 Å². The van der Waals surface area contributed by atoms with Gasteiger partial charge in [0.25, 0.3) is 0 Å². The Morgan fingerprint density at radius 3 is 2.42 bits per heavy atom. The quantitative estimate of drug-likeness (QED) is 0.819. The van der Waals surface area contributed by atoms with Crippen molar-refractivity contribution >= 4 is 9.84 Å². The minimum absolute atomic E-state index is 0.142. The van der Waals surface area contributed by atoms with E-state index in [9.17, 15) is 17.2 Å². The first-order valence-corrected chi connectivity index (χ1v) is 7.71. The van der Waals surface area contributed by atoms with Crippen LogP contribution in [0.4, 0.5) is 8.78 Å². The molecule has 0 aliphatic rings. The SMILES string of the molecule is CC(C)(CN)CCCS(=O)(=O)c1ccc(F)cc1F. The number of halogens is 2. The van der Waals surface area contributed by atoms with Gasteiger partial charge in [-0.15, -0.1) is 0 Å². The van der Waals surface area contributed by atoms with Crippen LogP contribution in [0, 0.1) is 17.0 Å². The van der Waals surface area contributed by atoms with Crippen LogP contribution in [0.2, 0.25) is 0 Å². The predicted molar refractivity (Wildman–Crippen MR) is 70.5 cm³/mol. The van der Waals surface area contributed by atoms with E-state index >= 15 is 0 Å². The molecular weight excluding hydrogens is 272 g/mol. The largest absolute Gasteiger partial charge is 0.330 e. The summed E-state index contributed by atoms with van der Waals surface area (Å²) in [5.41, 5.74) is 5.41. The van der Waals surface area contributed by atoms with Crippen LogP contribution >= 0.6 is 0 Å². The second-order valence-corrected chi connectivity index (χ2v) is 7.44. The third-order valence-corrected chi connectivity index (χ3v) is 4.88. The maximum atomic E-state index is 13.4. The van der Waals surface area contributed by atoms with Crippen molar-refractivity contribution in [3.8, 4) is 0 Å². The average molecular weight is 291 g/mol. The first-order valence-electron chi connectivity index (χ1n) is 6.06. The van der Waals surface area contributed by atoms with Crippen molar-refractivity contribution in [2.45, 2.75) is 31.6 Å². The maximum absolute atomic E-state index is 13.4. The van der Waals surface area contributed by atoms with Crippen LogP contribution in [-0.2, 0) is 9.84 Å². The molecule has 0 fully saturated rings. The van der Waals surface area contributed by atoms with Crippen molar-refractivity contribution in [2.75, 3.05) is 12.3 Å². The molecule has 0 saturated heterocycles. The van der Waals surface area contributed by atoms with E-state index in [1.807, 2.05) is 13.8 Å². The highest BCUT2D eigenvalue weighted by molar-refractivity contribution is 7.91. The predicted octanol–water partition coefficient (Wildman–Crippen LogP) is 2.50. The summed E-state index contributed by atoms with van der Waals surface area (Å²) in [6.07, 6.45) is 1.02. The van der Waals surface area contributed by atoms with Crippen molar-refractivity contribution in [1.29, 1.82) is 0 Å². The minimum Gasteiger partial charge on any atom is -0.330 e. The van der Waals surface area contributed by atoms with Crippen LogP contribution in [0.5, 0.6) is 0 Å². The number of rotatable bonds is 6. The molecule has 0 amide bonds. The van der Waals surface area contributed by atoms with Gasteiger partial charge in [0.15, 0.2) is 9.84 Å². The van der Waals surface area contributed by atoms with Crippen molar-refractivity contribution in [1.82, 2.24) is 0 Å². The molecule has 0 unspecified atom stereocenters. The molecule has 2 N–H and O–H groups in total. The van der Waals surface area contributed by atoms with E-state index in [1.54, 1.807) is 0 Å². The number of hydrogen-bond donors (Lipinski definition) is 1. The van der Waals surface area contributed by atoms with Crippen LogP contribution in [0.25, 0.3) is 0 Å². The molecule has 1 aromatic carbocycles. The molecule has 0 aliphatic heterocycles. The van der Waals surface area contributed by atoms with Gasteiger partial charge in [-0.05, 0) is 36.9 Å². The van der Waals surface area contributed by atoms with Gasteiger partial charge in [0, 0.05) is 6.07 Å². The smallest absolute Gasteiger partial charge is 0.181 e. The number of benzene rings is 1. The highest BCUT2D eigenvalue weighted by Gasteiger charge is 2.22. The Bertz CT molecular complexity index is 542. The lowest BCUT2D eigenvalue weighted by molar-refractivity contribution is 0.344. The van der Waals surface area contributed by atoms with Gasteiger partial charge < -0.3 is 5.73 Å². The summed E-state index contributed by atoms with van der Waals surface area (Å²) in [7, 11) is -3.72. The highest BCUT2D eigenvalue weighted by Crippen LogP contribution is 2.23. The molecule has 0 aliphatic carbocycles. The fourth-order valence-corrected chi connectivity index (χ4v) is 3.06. The van der Waals surface area contributed by atoms with Crippen LogP contribution in [-0.4, -0.2) is 20.7 Å². The molecule has 0 heterocycles. The minimum atomic E-state index is -3.72. The molecule has 0 spiro atoms. The van der Waals surface area contributed by atoms with E-state index in [0.29, 0.717) is 25.5 Å². The summed E-state index contributed by atoms with van der Waals surface area (Å²) >= 11 is 0. The zero-order chi connectivity index (χ0) is 14.7. The fraction of sp³-hybridized carbons (Fsp3) is 0.538. The molecule has 0 radical (unpaired) electrons. The maximum Gasteiger partial charge on any atom is 0.181 e. The van der Waals surface area contributed by atoms with E-state index in [2.05, 4.69) is 0 Å². The van der Waals surface area contributed by atoms with E-state index in [1.165, 1.54) is 0 Å². The molecule has 3 nitrogen and oxygen atoms in total. The standard InChI is InChI=1S/C13H19F2NO2S/c1-13(2,9-16)6-3-7-19(17,18)12-5-4-10(14)8-11(12)15/h4-5,8H,3,6-7,9,16H2,1-2H3. The average Bonchev–Trinajstić information content (AvgIpc) is 2.27. The van der Waals surface area contributed by atoms with Gasteiger partial charge in [0.2, 0.25) is 0 Å². The lowest BCUT2D eigenvalue weighted by atomic mass is 9.88. The summed E-state index contributed by atoms with van der Waals surface area (Å²) < 4.78 is 50.1. The van der Waals surface area contributed by atoms with E-state index < -0.39 is 26.4 Å². The Hall–Kier alpha value is -1.01. The second-order valence-electron chi connectivity index (χ2n) is 5.37. The summed E-state index contributed by atoms with van der Waals surface area (Å²) in [4.78, 5) is -0.445. The molecule has 1 aromatic rings. The van der Waals surface area contributed by atoms with E-state index in [0.717, 1.165) is 12.1 Å². The van der Waals surface area contributed by atoms with Gasteiger partial charge in [-0.25, -0.2) is 17.2 Å². The van der Waals surface area contributed by atoms with E-state index in [4.69, 9.17) is 5.73 Å². The fourth-order valence-electron chi connectivity index (χ4n) is 1.68. The van der Waals surface area contributed by atoms with Crippen LogP contribution in [0.1, 0.15) is 26.7 Å². The molecular formula is C13H19F2NO2S. The molecule has 19 heavy (non-hydrogen) atoms. The molecule has 6 heteroatoms. The molecule has 108 valence electrons. The van der Waals surface area contributed by atoms with Crippen LogP contribution in [0.15, 0.2) is 23.1 Å². The highest BCUT2D eigenvalue weighted by atomic mass is 32.2. The Balaban J connectivity index is 2.77. The summed E-state index contributed by atoms with van der Waals surface area (Å²) in [5.74, 6) is -2.00. The third kappa shape index (κ3) is 4.54. The van der Waals surface area contributed by atoms with Gasteiger partial charge in [-0.1, -0.05) is 13.8 Å². The molecule has 1 rings (SSSR count). The normalized spacial score (nSPS) is 12.7. The zero-order valence-corrected chi connectivity index (χ0v) is 11.9.